The summed E-state index contributed by atoms with van der Waals surface area (Å²) in [6.45, 7) is 0.471. The average molecular weight is 223 g/mol. The van der Waals surface area contributed by atoms with Gasteiger partial charge < -0.3 is 15.2 Å². The molecule has 0 aromatic heterocycles. The average Bonchev–Trinajstić information content (AvgIpc) is 2.27. The molecule has 5 nitrogen and oxygen atoms in total. The molecule has 0 aliphatic carbocycles. The van der Waals surface area contributed by atoms with E-state index in [4.69, 9.17) is 9.84 Å². The number of amides is 1. The van der Waals surface area contributed by atoms with Crippen LogP contribution in [0.5, 0.6) is 0 Å². The minimum atomic E-state index is -1.09. The van der Waals surface area contributed by atoms with Crippen molar-refractivity contribution in [2.24, 2.45) is 0 Å². The zero-order chi connectivity index (χ0) is 12.0. The lowest BCUT2D eigenvalue weighted by Crippen LogP contribution is -2.27. The number of carbonyl (C=O) groups is 2. The number of hydrogen-bond acceptors (Lipinski definition) is 3. The van der Waals surface area contributed by atoms with Gasteiger partial charge in [-0.2, -0.15) is 0 Å². The van der Waals surface area contributed by atoms with Crippen LogP contribution in [0.2, 0.25) is 0 Å². The van der Waals surface area contributed by atoms with Crippen molar-refractivity contribution in [1.29, 1.82) is 0 Å². The maximum Gasteiger partial charge on any atom is 0.330 e. The summed E-state index contributed by atoms with van der Waals surface area (Å²) in [4.78, 5) is 21.1. The summed E-state index contributed by atoms with van der Waals surface area (Å²) in [7, 11) is 1.59. The van der Waals surface area contributed by atoms with Gasteiger partial charge in [0.2, 0.25) is 6.41 Å². The van der Waals surface area contributed by atoms with Crippen LogP contribution in [-0.4, -0.2) is 24.6 Å². The molecule has 5 heteroatoms. The number of carboxylic acid groups (broad SMARTS) is 1. The van der Waals surface area contributed by atoms with Crippen molar-refractivity contribution in [2.45, 2.75) is 12.6 Å². The molecule has 1 aromatic carbocycles. The number of carboxylic acids is 1. The van der Waals surface area contributed by atoms with Gasteiger partial charge in [0.25, 0.3) is 0 Å². The normalized spacial score (nSPS) is 11.8. The number of nitrogens with one attached hydrogen (secondary N) is 1. The van der Waals surface area contributed by atoms with Crippen molar-refractivity contribution in [3.63, 3.8) is 0 Å². The van der Waals surface area contributed by atoms with Crippen molar-refractivity contribution in [3.8, 4) is 0 Å². The van der Waals surface area contributed by atoms with Gasteiger partial charge in [-0.25, -0.2) is 4.79 Å². The number of benzene rings is 1. The predicted molar refractivity (Wildman–Crippen MR) is 56.7 cm³/mol. The van der Waals surface area contributed by atoms with Crippen molar-refractivity contribution in [2.75, 3.05) is 7.11 Å². The van der Waals surface area contributed by atoms with Crippen LogP contribution in [0.3, 0.4) is 0 Å². The number of hydrogen-bond donors (Lipinski definition) is 2. The number of aliphatic carboxylic acids is 1. The second-order valence-corrected chi connectivity index (χ2v) is 3.23. The molecule has 1 rings (SSSR count). The zero-order valence-electron chi connectivity index (χ0n) is 8.84. The maximum atomic E-state index is 10.9. The molecule has 1 aromatic rings. The summed E-state index contributed by atoms with van der Waals surface area (Å²) in [6.07, 6.45) is 0.377. The van der Waals surface area contributed by atoms with Crippen molar-refractivity contribution >= 4 is 12.4 Å². The van der Waals surface area contributed by atoms with E-state index >= 15 is 0 Å². The van der Waals surface area contributed by atoms with E-state index in [-0.39, 0.29) is 0 Å². The molecule has 16 heavy (non-hydrogen) atoms. The van der Waals surface area contributed by atoms with E-state index in [1.807, 2.05) is 0 Å². The second kappa shape index (κ2) is 5.87. The van der Waals surface area contributed by atoms with Crippen LogP contribution < -0.4 is 5.32 Å². The first-order chi connectivity index (χ1) is 7.69. The Hall–Kier alpha value is -1.88. The van der Waals surface area contributed by atoms with E-state index in [0.29, 0.717) is 18.6 Å². The molecule has 1 amide bonds. The highest BCUT2D eigenvalue weighted by molar-refractivity contribution is 5.78. The second-order valence-electron chi connectivity index (χ2n) is 3.23. The van der Waals surface area contributed by atoms with Crippen molar-refractivity contribution in [1.82, 2.24) is 5.32 Å². The van der Waals surface area contributed by atoms with E-state index in [2.05, 4.69) is 5.32 Å². The lowest BCUT2D eigenvalue weighted by atomic mass is 10.1. The largest absolute Gasteiger partial charge is 0.479 e. The Kier molecular flexibility index (Phi) is 4.47. The van der Waals surface area contributed by atoms with Crippen molar-refractivity contribution < 1.29 is 19.4 Å². The molecule has 0 aliphatic rings. The molecule has 0 radical (unpaired) electrons. The fourth-order valence-corrected chi connectivity index (χ4v) is 1.35. The Morgan fingerprint density at radius 3 is 2.56 bits per heavy atom. The smallest absolute Gasteiger partial charge is 0.330 e. The van der Waals surface area contributed by atoms with Crippen LogP contribution in [0.1, 0.15) is 17.2 Å². The van der Waals surface area contributed by atoms with Gasteiger partial charge in [0, 0.05) is 7.11 Å². The van der Waals surface area contributed by atoms with Crippen LogP contribution in [0, 0.1) is 0 Å². The van der Waals surface area contributed by atoms with Gasteiger partial charge in [0.1, 0.15) is 0 Å². The first kappa shape index (κ1) is 12.2. The minimum absolute atomic E-state index is 0.377. The lowest BCUT2D eigenvalue weighted by molar-refractivity contribution is -0.140. The summed E-state index contributed by atoms with van der Waals surface area (Å²) in [5.41, 5.74) is 1.47. The monoisotopic (exact) mass is 223 g/mol. The Morgan fingerprint density at radius 1 is 1.50 bits per heavy atom. The molecule has 0 bridgehead atoms. The van der Waals surface area contributed by atoms with Crippen LogP contribution in [0.15, 0.2) is 24.3 Å². The molecular formula is C11H13NO4. The zero-order valence-corrected chi connectivity index (χ0v) is 8.84. The molecule has 1 unspecified atom stereocenters. The quantitative estimate of drug-likeness (QED) is 0.696. The molecular weight excluding hydrogens is 210 g/mol. The Morgan fingerprint density at radius 2 is 2.12 bits per heavy atom. The highest BCUT2D eigenvalue weighted by Crippen LogP contribution is 2.14. The SMILES string of the molecule is COCc1ccc(C(NC=O)C(=O)O)cc1. The maximum absolute atomic E-state index is 10.9. The van der Waals surface area contributed by atoms with Gasteiger partial charge in [-0.15, -0.1) is 0 Å². The summed E-state index contributed by atoms with van der Waals surface area (Å²) in [5, 5.41) is 11.1. The summed E-state index contributed by atoms with van der Waals surface area (Å²) in [6, 6.07) is 5.84. The third kappa shape index (κ3) is 3.06. The molecule has 0 heterocycles. The summed E-state index contributed by atoms with van der Waals surface area (Å²) >= 11 is 0. The van der Waals surface area contributed by atoms with Gasteiger partial charge in [-0.3, -0.25) is 4.79 Å². The van der Waals surface area contributed by atoms with Gasteiger partial charge in [0.05, 0.1) is 6.61 Å². The molecule has 0 spiro atoms. The highest BCUT2D eigenvalue weighted by Gasteiger charge is 2.18. The van der Waals surface area contributed by atoms with Crippen LogP contribution in [0.25, 0.3) is 0 Å². The van der Waals surface area contributed by atoms with E-state index in [0.717, 1.165) is 5.56 Å². The van der Waals surface area contributed by atoms with Crippen LogP contribution in [0.4, 0.5) is 0 Å². The number of carbonyl (C=O) groups excluding carboxylic acids is 1. The Balaban J connectivity index is 2.85. The topological polar surface area (TPSA) is 75.6 Å². The molecule has 0 fully saturated rings. The van der Waals surface area contributed by atoms with Gasteiger partial charge >= 0.3 is 5.97 Å². The lowest BCUT2D eigenvalue weighted by Gasteiger charge is -2.11. The third-order valence-electron chi connectivity index (χ3n) is 2.11. The van der Waals surface area contributed by atoms with Crippen LogP contribution >= 0.6 is 0 Å². The highest BCUT2D eigenvalue weighted by atomic mass is 16.5. The van der Waals surface area contributed by atoms with Gasteiger partial charge in [0.15, 0.2) is 6.04 Å². The standard InChI is InChI=1S/C11H13NO4/c1-16-6-8-2-4-9(5-3-8)10(11(14)15)12-7-13/h2-5,7,10H,6H2,1H3,(H,12,13)(H,14,15). The third-order valence-corrected chi connectivity index (χ3v) is 2.11. The number of methoxy groups -OCH3 is 1. The fourth-order valence-electron chi connectivity index (χ4n) is 1.35. The van der Waals surface area contributed by atoms with E-state index in [1.165, 1.54) is 0 Å². The van der Waals surface area contributed by atoms with E-state index in [1.54, 1.807) is 31.4 Å². The number of rotatable bonds is 6. The minimum Gasteiger partial charge on any atom is -0.479 e. The molecule has 0 aliphatic heterocycles. The summed E-state index contributed by atoms with van der Waals surface area (Å²) in [5.74, 6) is -1.09. The Labute approximate surface area is 93.0 Å². The first-order valence-electron chi connectivity index (χ1n) is 4.69. The first-order valence-corrected chi connectivity index (χ1v) is 4.69. The Bertz CT molecular complexity index is 361. The fraction of sp³-hybridized carbons (Fsp3) is 0.273. The molecule has 1 atom stereocenters. The number of ether oxygens (including phenoxy) is 1. The van der Waals surface area contributed by atoms with Crippen LogP contribution in [-0.2, 0) is 20.9 Å². The predicted octanol–water partition coefficient (Wildman–Crippen LogP) is 0.705. The van der Waals surface area contributed by atoms with E-state index < -0.39 is 12.0 Å². The van der Waals surface area contributed by atoms with E-state index in [9.17, 15) is 9.59 Å². The van der Waals surface area contributed by atoms with Gasteiger partial charge in [-0.1, -0.05) is 24.3 Å². The van der Waals surface area contributed by atoms with Crippen molar-refractivity contribution in [3.05, 3.63) is 35.4 Å². The molecule has 0 saturated carbocycles. The molecule has 0 saturated heterocycles. The van der Waals surface area contributed by atoms with Gasteiger partial charge in [-0.05, 0) is 11.1 Å². The molecule has 2 N–H and O–H groups in total. The summed E-state index contributed by atoms with van der Waals surface area (Å²) < 4.78 is 4.94. The molecule has 86 valence electrons.